The first-order valence-corrected chi connectivity index (χ1v) is 14.8. The fourth-order valence-corrected chi connectivity index (χ4v) is 4.91. The maximum absolute atomic E-state index is 13.6. The van der Waals surface area contributed by atoms with Crippen LogP contribution in [0.1, 0.15) is 65.9 Å². The van der Waals surface area contributed by atoms with Gasteiger partial charge in [-0.05, 0) is 56.9 Å². The van der Waals surface area contributed by atoms with Crippen molar-refractivity contribution in [2.24, 2.45) is 5.92 Å². The number of rotatable bonds is 12. The van der Waals surface area contributed by atoms with Crippen LogP contribution in [-0.2, 0) is 35.0 Å². The van der Waals surface area contributed by atoms with E-state index in [2.05, 4.69) is 15.6 Å². The van der Waals surface area contributed by atoms with Gasteiger partial charge in [-0.1, -0.05) is 20.3 Å². The maximum atomic E-state index is 13.6. The number of H-pyrrole nitrogens is 1. The summed E-state index contributed by atoms with van der Waals surface area (Å²) in [5.74, 6) is -0.990. The molecule has 1 fully saturated rings. The number of carbonyl (C=O) groups excluding carboxylic acids is 4. The normalized spacial score (nSPS) is 17.5. The molecule has 1 saturated heterocycles. The van der Waals surface area contributed by atoms with Gasteiger partial charge in [0.05, 0.1) is 20.8 Å². The fourth-order valence-electron chi connectivity index (χ4n) is 4.91. The van der Waals surface area contributed by atoms with E-state index in [1.165, 1.54) is 12.0 Å². The number of nitrogens with one attached hydrogen (secondary N) is 3. The summed E-state index contributed by atoms with van der Waals surface area (Å²) in [6, 6.07) is 3.70. The number of carbonyl (C=O) groups is 4. The topological polar surface area (TPSA) is 148 Å². The molecule has 43 heavy (non-hydrogen) atoms. The van der Waals surface area contributed by atoms with Crippen LogP contribution in [0.25, 0.3) is 10.9 Å². The van der Waals surface area contributed by atoms with Crippen LogP contribution >= 0.6 is 0 Å². The van der Waals surface area contributed by atoms with Gasteiger partial charge in [0.15, 0.2) is 0 Å². The van der Waals surface area contributed by atoms with Crippen LogP contribution in [-0.4, -0.2) is 85.0 Å². The van der Waals surface area contributed by atoms with Crippen molar-refractivity contribution < 1.29 is 38.1 Å². The van der Waals surface area contributed by atoms with E-state index >= 15 is 0 Å². The zero-order valence-corrected chi connectivity index (χ0v) is 26.3. The van der Waals surface area contributed by atoms with Gasteiger partial charge in [-0.2, -0.15) is 0 Å². The van der Waals surface area contributed by atoms with Gasteiger partial charge in [0.25, 0.3) is 0 Å². The van der Waals surface area contributed by atoms with Crippen LogP contribution in [0.2, 0.25) is 0 Å². The number of methoxy groups -OCH3 is 2. The number of hydrogen-bond donors (Lipinski definition) is 3. The Morgan fingerprint density at radius 2 is 1.91 bits per heavy atom. The molecule has 4 atom stereocenters. The van der Waals surface area contributed by atoms with Gasteiger partial charge < -0.3 is 34.6 Å². The predicted molar refractivity (Wildman–Crippen MR) is 160 cm³/mol. The van der Waals surface area contributed by atoms with Crippen LogP contribution < -0.4 is 15.4 Å². The van der Waals surface area contributed by atoms with Crippen LogP contribution in [0.4, 0.5) is 4.79 Å². The smallest absolute Gasteiger partial charge is 0.412 e. The van der Waals surface area contributed by atoms with Gasteiger partial charge in [0.2, 0.25) is 11.8 Å². The molecule has 238 valence electrons. The zero-order valence-electron chi connectivity index (χ0n) is 26.3. The highest BCUT2D eigenvalue weighted by atomic mass is 16.6. The van der Waals surface area contributed by atoms with Crippen molar-refractivity contribution in [1.82, 2.24) is 20.5 Å². The molecule has 12 heteroatoms. The molecular weight excluding hydrogens is 556 g/mol. The van der Waals surface area contributed by atoms with Gasteiger partial charge in [0.1, 0.15) is 29.7 Å². The molecule has 3 N–H and O–H groups in total. The molecule has 2 heterocycles. The van der Waals surface area contributed by atoms with Crippen LogP contribution in [0.15, 0.2) is 24.4 Å². The summed E-state index contributed by atoms with van der Waals surface area (Å²) in [5.41, 5.74) is 0.977. The van der Waals surface area contributed by atoms with E-state index in [4.69, 9.17) is 18.9 Å². The molecule has 1 aliphatic heterocycles. The quantitative estimate of drug-likeness (QED) is 0.312. The Morgan fingerprint density at radius 3 is 2.56 bits per heavy atom. The molecule has 2 aromatic rings. The summed E-state index contributed by atoms with van der Waals surface area (Å²) in [7, 11) is 2.85. The highest BCUT2D eigenvalue weighted by molar-refractivity contribution is 5.92. The van der Waals surface area contributed by atoms with Crippen LogP contribution in [0.5, 0.6) is 5.75 Å². The SMILES string of the molecule is CC[C@H](C)[C@H](NC(=O)C(Cc1c[nH]c2ccc(OC)cc12)NC(=O)CCC1OCCCN1C(=O)OC(C)(C)C)C(=O)OC. The lowest BCUT2D eigenvalue weighted by Gasteiger charge is -2.36. The molecule has 0 radical (unpaired) electrons. The number of fused-ring (bicyclic) bond motifs is 1. The average molecular weight is 603 g/mol. The Balaban J connectivity index is 1.78. The molecule has 1 aliphatic rings. The lowest BCUT2D eigenvalue weighted by molar-refractivity contribution is -0.147. The molecule has 3 rings (SSSR count). The maximum Gasteiger partial charge on any atom is 0.412 e. The number of amides is 3. The van der Waals surface area contributed by atoms with E-state index in [0.717, 1.165) is 16.5 Å². The molecular formula is C31H46N4O8. The summed E-state index contributed by atoms with van der Waals surface area (Å²) in [5, 5.41) is 6.50. The van der Waals surface area contributed by atoms with Crippen molar-refractivity contribution in [3.05, 3.63) is 30.0 Å². The molecule has 12 nitrogen and oxygen atoms in total. The second-order valence-corrected chi connectivity index (χ2v) is 11.8. The van der Waals surface area contributed by atoms with Crippen molar-refractivity contribution >= 4 is 34.8 Å². The minimum absolute atomic E-state index is 0.00124. The van der Waals surface area contributed by atoms with Crippen molar-refractivity contribution in [2.45, 2.75) is 90.6 Å². The average Bonchev–Trinajstić information content (AvgIpc) is 3.38. The third-order valence-electron chi connectivity index (χ3n) is 7.46. The van der Waals surface area contributed by atoms with E-state index in [-0.39, 0.29) is 25.2 Å². The van der Waals surface area contributed by atoms with Gasteiger partial charge in [-0.3, -0.25) is 14.5 Å². The van der Waals surface area contributed by atoms with Crippen LogP contribution in [0.3, 0.4) is 0 Å². The van der Waals surface area contributed by atoms with Crippen LogP contribution in [0, 0.1) is 5.92 Å². The number of benzene rings is 1. The molecule has 1 aromatic carbocycles. The molecule has 3 amide bonds. The summed E-state index contributed by atoms with van der Waals surface area (Å²) < 4.78 is 21.6. The van der Waals surface area contributed by atoms with Gasteiger partial charge >= 0.3 is 12.1 Å². The van der Waals surface area contributed by atoms with Crippen molar-refractivity contribution in [3.63, 3.8) is 0 Å². The summed E-state index contributed by atoms with van der Waals surface area (Å²) >= 11 is 0. The van der Waals surface area contributed by atoms with E-state index in [9.17, 15) is 19.2 Å². The number of esters is 1. The number of nitrogens with zero attached hydrogens (tertiary/aromatic N) is 1. The lowest BCUT2D eigenvalue weighted by Crippen LogP contribution is -2.54. The number of aromatic nitrogens is 1. The van der Waals surface area contributed by atoms with E-state index in [1.54, 1.807) is 34.1 Å². The highest BCUT2D eigenvalue weighted by Crippen LogP contribution is 2.25. The highest BCUT2D eigenvalue weighted by Gasteiger charge is 2.33. The minimum Gasteiger partial charge on any atom is -0.497 e. The lowest BCUT2D eigenvalue weighted by atomic mass is 9.98. The first-order valence-electron chi connectivity index (χ1n) is 14.8. The molecule has 0 bridgehead atoms. The second-order valence-electron chi connectivity index (χ2n) is 11.8. The molecule has 0 aliphatic carbocycles. The minimum atomic E-state index is -0.997. The van der Waals surface area contributed by atoms with Crippen molar-refractivity contribution in [1.29, 1.82) is 0 Å². The van der Waals surface area contributed by atoms with Gasteiger partial charge in [0, 0.05) is 42.9 Å². The summed E-state index contributed by atoms with van der Waals surface area (Å²) in [4.78, 5) is 56.8. The molecule has 2 unspecified atom stereocenters. The largest absolute Gasteiger partial charge is 0.497 e. The Morgan fingerprint density at radius 1 is 1.16 bits per heavy atom. The first kappa shape index (κ1) is 33.7. The Kier molecular flexibility index (Phi) is 11.8. The summed E-state index contributed by atoms with van der Waals surface area (Å²) in [6.45, 7) is 10.1. The third kappa shape index (κ3) is 9.34. The van der Waals surface area contributed by atoms with Gasteiger partial charge in [-0.25, -0.2) is 9.59 Å². The number of hydrogen-bond acceptors (Lipinski definition) is 8. The second kappa shape index (κ2) is 15.1. The summed E-state index contributed by atoms with van der Waals surface area (Å²) in [6.07, 6.45) is 2.34. The van der Waals surface area contributed by atoms with E-state index in [0.29, 0.717) is 31.7 Å². The Hall–Kier alpha value is -3.80. The number of ether oxygens (including phenoxy) is 4. The van der Waals surface area contributed by atoms with Crippen molar-refractivity contribution in [3.8, 4) is 5.75 Å². The monoisotopic (exact) mass is 602 g/mol. The molecule has 1 aromatic heterocycles. The Labute approximate surface area is 253 Å². The molecule has 0 spiro atoms. The fraction of sp³-hybridized carbons (Fsp3) is 0.613. The Bertz CT molecular complexity index is 1270. The predicted octanol–water partition coefficient (Wildman–Crippen LogP) is 3.67. The van der Waals surface area contributed by atoms with Gasteiger partial charge in [-0.15, -0.1) is 0 Å². The standard InChI is InChI=1S/C31H46N4O8/c1-8-19(2)27(29(38)41-7)34-28(37)24(16-20-18-32-23-11-10-21(40-6)17-22(20)23)33-25(36)12-13-26-35(14-9-15-42-26)30(39)43-31(3,4)5/h10-11,17-19,24,26-27,32H,8-9,12-16H2,1-7H3,(H,33,36)(H,34,37)/t19-,24?,26?,27-/m0/s1. The van der Waals surface area contributed by atoms with Crippen molar-refractivity contribution in [2.75, 3.05) is 27.4 Å². The van der Waals surface area contributed by atoms with E-state index < -0.39 is 47.8 Å². The third-order valence-corrected chi connectivity index (χ3v) is 7.46. The van der Waals surface area contributed by atoms with E-state index in [1.807, 2.05) is 32.0 Å². The molecule has 0 saturated carbocycles. The zero-order chi connectivity index (χ0) is 31.7. The first-order chi connectivity index (χ1) is 20.4. The number of aromatic amines is 1.